The van der Waals surface area contributed by atoms with Crippen molar-refractivity contribution in [3.8, 4) is 0 Å². The van der Waals surface area contributed by atoms with Crippen LogP contribution >= 0.6 is 15.9 Å². The molecule has 2 aliphatic heterocycles. The maximum absolute atomic E-state index is 13.7. The maximum Gasteiger partial charge on any atom is 0.244 e. The smallest absolute Gasteiger partial charge is 0.244 e. The topological polar surface area (TPSA) is 57.7 Å². The van der Waals surface area contributed by atoms with Gasteiger partial charge in [0.1, 0.15) is 5.82 Å². The minimum atomic E-state index is -3.82. The first kappa shape index (κ1) is 19.5. The van der Waals surface area contributed by atoms with E-state index in [1.54, 1.807) is 29.2 Å². The lowest BCUT2D eigenvalue weighted by atomic mass is 10.1. The Morgan fingerprint density at radius 3 is 2.71 bits per heavy atom. The van der Waals surface area contributed by atoms with Gasteiger partial charge < -0.3 is 4.90 Å². The molecule has 0 aromatic heterocycles. The van der Waals surface area contributed by atoms with Gasteiger partial charge in [-0.05, 0) is 70.6 Å². The minimum absolute atomic E-state index is 0.108. The highest BCUT2D eigenvalue weighted by Crippen LogP contribution is 2.41. The number of rotatable bonds is 3. The number of hydrogen-bond donors (Lipinski definition) is 0. The van der Waals surface area contributed by atoms with Gasteiger partial charge in [-0.25, -0.2) is 12.8 Å². The second-order valence-corrected chi connectivity index (χ2v) is 9.87. The normalized spacial score (nSPS) is 19.8. The summed E-state index contributed by atoms with van der Waals surface area (Å²) in [6.45, 7) is 2.41. The molecule has 8 heteroatoms. The monoisotopic (exact) mass is 466 g/mol. The largest absolute Gasteiger partial charge is 0.312 e. The zero-order chi connectivity index (χ0) is 20.1. The molecule has 4 rings (SSSR count). The Bertz CT molecular complexity index is 1060. The summed E-state index contributed by atoms with van der Waals surface area (Å²) >= 11 is 3.41. The van der Waals surface area contributed by atoms with Gasteiger partial charge >= 0.3 is 0 Å². The van der Waals surface area contributed by atoms with Crippen LogP contribution < -0.4 is 4.90 Å². The van der Waals surface area contributed by atoms with Crippen LogP contribution in [0.1, 0.15) is 36.9 Å². The van der Waals surface area contributed by atoms with Crippen LogP contribution in [0.2, 0.25) is 0 Å². The molecule has 2 heterocycles. The number of carbonyl (C=O) groups is 1. The Kier molecular flexibility index (Phi) is 5.05. The summed E-state index contributed by atoms with van der Waals surface area (Å²) in [6, 6.07) is 9.09. The van der Waals surface area contributed by atoms with Gasteiger partial charge in [0.15, 0.2) is 0 Å². The van der Waals surface area contributed by atoms with Crippen molar-refractivity contribution in [3.05, 3.63) is 57.8 Å². The van der Waals surface area contributed by atoms with Crippen LogP contribution in [0.4, 0.5) is 10.1 Å². The highest BCUT2D eigenvalue weighted by atomic mass is 79.9. The number of benzene rings is 2. The molecule has 0 saturated carbocycles. The van der Waals surface area contributed by atoms with E-state index in [-0.39, 0.29) is 16.6 Å². The van der Waals surface area contributed by atoms with Gasteiger partial charge in [0.25, 0.3) is 0 Å². The summed E-state index contributed by atoms with van der Waals surface area (Å²) in [6.07, 6.45) is 2.05. The van der Waals surface area contributed by atoms with E-state index < -0.39 is 16.1 Å². The Morgan fingerprint density at radius 2 is 2.00 bits per heavy atom. The second kappa shape index (κ2) is 7.24. The van der Waals surface area contributed by atoms with E-state index in [1.165, 1.54) is 23.4 Å². The van der Waals surface area contributed by atoms with Gasteiger partial charge in [0.05, 0.1) is 10.9 Å². The summed E-state index contributed by atoms with van der Waals surface area (Å²) in [5.41, 5.74) is 2.25. The maximum atomic E-state index is 13.7. The molecular formula is C20H20BrFN2O3S. The van der Waals surface area contributed by atoms with E-state index in [1.807, 2.05) is 0 Å². The predicted octanol–water partition coefficient (Wildman–Crippen LogP) is 4.02. The third-order valence-corrected chi connectivity index (χ3v) is 8.30. The molecule has 0 radical (unpaired) electrons. The Balaban J connectivity index is 1.76. The lowest BCUT2D eigenvalue weighted by Crippen LogP contribution is -2.31. The fourth-order valence-corrected chi connectivity index (χ4v) is 6.87. The van der Waals surface area contributed by atoms with Crippen molar-refractivity contribution < 1.29 is 17.6 Å². The molecule has 28 heavy (non-hydrogen) atoms. The molecule has 0 bridgehead atoms. The van der Waals surface area contributed by atoms with Crippen LogP contribution in [-0.4, -0.2) is 31.7 Å². The second-order valence-electron chi connectivity index (χ2n) is 7.16. The Hall–Kier alpha value is -1.77. The molecule has 5 nitrogen and oxygen atoms in total. The van der Waals surface area contributed by atoms with Crippen molar-refractivity contribution in [1.82, 2.24) is 4.31 Å². The van der Waals surface area contributed by atoms with Gasteiger partial charge in [0.2, 0.25) is 15.9 Å². The first-order valence-corrected chi connectivity index (χ1v) is 11.4. The zero-order valence-corrected chi connectivity index (χ0v) is 17.8. The fraction of sp³-hybridized carbons (Fsp3) is 0.350. The number of amides is 1. The van der Waals surface area contributed by atoms with E-state index in [2.05, 4.69) is 15.9 Å². The van der Waals surface area contributed by atoms with Gasteiger partial charge in [-0.3, -0.25) is 4.79 Å². The standard InChI is InChI=1S/C20H20BrFN2O3S/c1-13(25)23-9-7-15-11-17(21)20(12-19(15)23)28(26,27)24-8-3-6-18(24)14-4-2-5-16(22)10-14/h2,4-5,10-12,18H,3,6-9H2,1H3/t18-/m1/s1. The van der Waals surface area contributed by atoms with Gasteiger partial charge in [-0.2, -0.15) is 4.31 Å². The van der Waals surface area contributed by atoms with Crippen LogP contribution in [0, 0.1) is 5.82 Å². The molecule has 148 valence electrons. The molecule has 1 fully saturated rings. The summed E-state index contributed by atoms with van der Waals surface area (Å²) in [4.78, 5) is 13.6. The Morgan fingerprint density at radius 1 is 1.21 bits per heavy atom. The number of halogens is 2. The van der Waals surface area contributed by atoms with Gasteiger partial charge in [-0.1, -0.05) is 12.1 Å². The van der Waals surface area contributed by atoms with Crippen molar-refractivity contribution in [3.63, 3.8) is 0 Å². The molecule has 0 spiro atoms. The average molecular weight is 467 g/mol. The highest BCUT2D eigenvalue weighted by Gasteiger charge is 2.38. The number of carbonyl (C=O) groups excluding carboxylic acids is 1. The van der Waals surface area contributed by atoms with Crippen LogP contribution in [0.15, 0.2) is 45.8 Å². The summed E-state index contributed by atoms with van der Waals surface area (Å²) in [5, 5.41) is 0. The van der Waals surface area contributed by atoms with Crippen LogP contribution in [0.5, 0.6) is 0 Å². The number of fused-ring (bicyclic) bond motifs is 1. The lowest BCUT2D eigenvalue weighted by Gasteiger charge is -2.26. The highest BCUT2D eigenvalue weighted by molar-refractivity contribution is 9.10. The molecule has 1 atom stereocenters. The lowest BCUT2D eigenvalue weighted by molar-refractivity contribution is -0.116. The van der Waals surface area contributed by atoms with Gasteiger partial charge in [-0.15, -0.1) is 0 Å². The van der Waals surface area contributed by atoms with Crippen molar-refractivity contribution in [2.75, 3.05) is 18.0 Å². The van der Waals surface area contributed by atoms with Crippen LogP contribution in [0.3, 0.4) is 0 Å². The zero-order valence-electron chi connectivity index (χ0n) is 15.4. The van der Waals surface area contributed by atoms with E-state index >= 15 is 0 Å². The van der Waals surface area contributed by atoms with Crippen molar-refractivity contribution in [2.45, 2.75) is 37.1 Å². The number of anilines is 1. The minimum Gasteiger partial charge on any atom is -0.312 e. The third kappa shape index (κ3) is 3.27. The average Bonchev–Trinajstić information content (AvgIpc) is 3.28. The van der Waals surface area contributed by atoms with Crippen molar-refractivity contribution >= 4 is 37.5 Å². The molecule has 1 saturated heterocycles. The first-order valence-electron chi connectivity index (χ1n) is 9.17. The number of sulfonamides is 1. The van der Waals surface area contributed by atoms with E-state index in [0.29, 0.717) is 48.1 Å². The molecule has 0 unspecified atom stereocenters. The summed E-state index contributed by atoms with van der Waals surface area (Å²) < 4.78 is 42.6. The van der Waals surface area contributed by atoms with E-state index in [0.717, 1.165) is 5.56 Å². The molecule has 0 N–H and O–H groups in total. The SMILES string of the molecule is CC(=O)N1CCc2cc(Br)c(S(=O)(=O)N3CCC[C@@H]3c3cccc(F)c3)cc21. The Labute approximate surface area is 172 Å². The third-order valence-electron chi connectivity index (χ3n) is 5.43. The molecular weight excluding hydrogens is 447 g/mol. The van der Waals surface area contributed by atoms with Crippen molar-refractivity contribution in [1.29, 1.82) is 0 Å². The molecule has 2 aromatic rings. The predicted molar refractivity (Wildman–Crippen MR) is 108 cm³/mol. The summed E-state index contributed by atoms with van der Waals surface area (Å²) in [7, 11) is -3.82. The molecule has 2 aliphatic rings. The quantitative estimate of drug-likeness (QED) is 0.685. The molecule has 1 amide bonds. The van der Waals surface area contributed by atoms with Crippen LogP contribution in [-0.2, 0) is 21.2 Å². The summed E-state index contributed by atoms with van der Waals surface area (Å²) in [5.74, 6) is -0.485. The molecule has 2 aromatic carbocycles. The first-order chi connectivity index (χ1) is 13.3. The van der Waals surface area contributed by atoms with Crippen LogP contribution in [0.25, 0.3) is 0 Å². The van der Waals surface area contributed by atoms with E-state index in [4.69, 9.17) is 0 Å². The molecule has 0 aliphatic carbocycles. The van der Waals surface area contributed by atoms with E-state index in [9.17, 15) is 17.6 Å². The number of hydrogen-bond acceptors (Lipinski definition) is 3. The fourth-order valence-electron chi connectivity index (χ4n) is 4.11. The van der Waals surface area contributed by atoms with Crippen molar-refractivity contribution in [2.24, 2.45) is 0 Å². The number of nitrogens with zero attached hydrogens (tertiary/aromatic N) is 2. The van der Waals surface area contributed by atoms with Gasteiger partial charge in [0, 0.05) is 30.2 Å².